The fourth-order valence-electron chi connectivity index (χ4n) is 4.94. The lowest BCUT2D eigenvalue weighted by Gasteiger charge is -2.35. The number of aliphatic hydroxyl groups is 1. The smallest absolute Gasteiger partial charge is 0.250 e. The Hall–Kier alpha value is -3.45. The molecule has 0 spiro atoms. The van der Waals surface area contributed by atoms with Gasteiger partial charge in [-0.15, -0.1) is 0 Å². The molecule has 3 aromatic rings. The summed E-state index contributed by atoms with van der Waals surface area (Å²) in [7, 11) is 1.62. The minimum Gasteiger partial charge on any atom is -0.495 e. The molecule has 2 atom stereocenters. The summed E-state index contributed by atoms with van der Waals surface area (Å²) in [4.78, 5) is 19.4. The molecular formula is C26H26FN3O3. The zero-order chi connectivity index (χ0) is 23.1. The second-order valence-electron chi connectivity index (χ2n) is 8.68. The van der Waals surface area contributed by atoms with Crippen molar-refractivity contribution in [1.82, 2.24) is 14.5 Å². The van der Waals surface area contributed by atoms with E-state index in [2.05, 4.69) is 4.98 Å². The summed E-state index contributed by atoms with van der Waals surface area (Å²) < 4.78 is 21.1. The normalized spacial score (nSPS) is 21.5. The zero-order valence-electron chi connectivity index (χ0n) is 18.7. The van der Waals surface area contributed by atoms with Crippen molar-refractivity contribution < 1.29 is 19.0 Å². The number of imidazole rings is 1. The van der Waals surface area contributed by atoms with Gasteiger partial charge in [-0.2, -0.15) is 0 Å². The molecule has 0 bridgehead atoms. The standard InChI is InChI=1S/C26H26FN3O3/c1-16-14-29(15-28-16)22-8-5-17(11-24(22)33-2)10-18-4-3-9-30(26(18)32)25-21-7-6-20(27)12-19(21)13-23(25)31/h5-8,10-12,14-15,23,25,31H,3-4,9,13H2,1-2H3/b18-10+/t23-,25+/m1/s1. The van der Waals surface area contributed by atoms with E-state index in [4.69, 9.17) is 4.74 Å². The second-order valence-corrected chi connectivity index (χ2v) is 8.68. The van der Waals surface area contributed by atoms with Gasteiger partial charge in [0, 0.05) is 24.7 Å². The highest BCUT2D eigenvalue weighted by molar-refractivity contribution is 5.99. The van der Waals surface area contributed by atoms with E-state index in [0.717, 1.165) is 34.5 Å². The maximum atomic E-state index is 13.7. The van der Waals surface area contributed by atoms with E-state index in [9.17, 15) is 14.3 Å². The van der Waals surface area contributed by atoms with Gasteiger partial charge < -0.3 is 19.3 Å². The van der Waals surface area contributed by atoms with Crippen molar-refractivity contribution in [2.75, 3.05) is 13.7 Å². The van der Waals surface area contributed by atoms with Crippen LogP contribution in [0.1, 0.15) is 41.3 Å². The van der Waals surface area contributed by atoms with Crippen LogP contribution in [0.3, 0.4) is 0 Å². The number of benzene rings is 2. The number of fused-ring (bicyclic) bond motifs is 1. The second kappa shape index (κ2) is 8.48. The molecule has 2 aliphatic rings. The number of amides is 1. The Morgan fingerprint density at radius 2 is 2.09 bits per heavy atom. The van der Waals surface area contributed by atoms with Crippen molar-refractivity contribution in [3.05, 3.63) is 82.7 Å². The van der Waals surface area contributed by atoms with Gasteiger partial charge in [-0.1, -0.05) is 12.1 Å². The van der Waals surface area contributed by atoms with Gasteiger partial charge in [-0.25, -0.2) is 9.37 Å². The molecule has 0 saturated carbocycles. The maximum Gasteiger partial charge on any atom is 0.250 e. The van der Waals surface area contributed by atoms with Crippen molar-refractivity contribution >= 4 is 12.0 Å². The van der Waals surface area contributed by atoms with Gasteiger partial charge in [0.1, 0.15) is 11.6 Å². The van der Waals surface area contributed by atoms with Gasteiger partial charge in [-0.3, -0.25) is 4.79 Å². The lowest BCUT2D eigenvalue weighted by atomic mass is 9.96. The number of likely N-dealkylation sites (tertiary alicyclic amines) is 1. The van der Waals surface area contributed by atoms with Crippen molar-refractivity contribution in [3.8, 4) is 11.4 Å². The van der Waals surface area contributed by atoms with Gasteiger partial charge in [-0.05, 0) is 66.8 Å². The van der Waals surface area contributed by atoms with E-state index in [1.807, 2.05) is 42.0 Å². The van der Waals surface area contributed by atoms with Gasteiger partial charge in [0.2, 0.25) is 5.91 Å². The molecule has 1 aliphatic heterocycles. The number of aryl methyl sites for hydroxylation is 1. The van der Waals surface area contributed by atoms with Gasteiger partial charge in [0.25, 0.3) is 0 Å². The van der Waals surface area contributed by atoms with Crippen LogP contribution in [-0.4, -0.2) is 45.2 Å². The first-order valence-electron chi connectivity index (χ1n) is 11.1. The van der Waals surface area contributed by atoms with E-state index in [1.165, 1.54) is 12.1 Å². The van der Waals surface area contributed by atoms with Crippen molar-refractivity contribution in [3.63, 3.8) is 0 Å². The molecule has 1 aliphatic carbocycles. The minimum absolute atomic E-state index is 0.0873. The molecule has 5 rings (SSSR count). The number of carbonyl (C=O) groups is 1. The first-order valence-corrected chi connectivity index (χ1v) is 11.1. The highest BCUT2D eigenvalue weighted by Gasteiger charge is 2.39. The van der Waals surface area contributed by atoms with Gasteiger partial charge in [0.05, 0.1) is 37.0 Å². The number of aromatic nitrogens is 2. The zero-order valence-corrected chi connectivity index (χ0v) is 18.7. The van der Waals surface area contributed by atoms with E-state index in [1.54, 1.807) is 24.4 Å². The molecule has 7 heteroatoms. The number of carbonyl (C=O) groups excluding carboxylic acids is 1. The Bertz CT molecular complexity index is 1250. The van der Waals surface area contributed by atoms with Crippen LogP contribution in [-0.2, 0) is 11.2 Å². The lowest BCUT2D eigenvalue weighted by Crippen LogP contribution is -2.42. The molecule has 1 amide bonds. The fraction of sp³-hybridized carbons (Fsp3) is 0.308. The third kappa shape index (κ3) is 3.93. The number of rotatable bonds is 4. The predicted octanol–water partition coefficient (Wildman–Crippen LogP) is 3.99. The Morgan fingerprint density at radius 3 is 2.85 bits per heavy atom. The first kappa shape index (κ1) is 21.4. The van der Waals surface area contributed by atoms with E-state index in [0.29, 0.717) is 30.7 Å². The fourth-order valence-corrected chi connectivity index (χ4v) is 4.94. The summed E-state index contributed by atoms with van der Waals surface area (Å²) in [5.74, 6) is 0.273. The molecule has 0 radical (unpaired) electrons. The average molecular weight is 448 g/mol. The molecule has 1 N–H and O–H groups in total. The topological polar surface area (TPSA) is 67.6 Å². The van der Waals surface area contributed by atoms with Crippen molar-refractivity contribution in [2.45, 2.75) is 38.3 Å². The summed E-state index contributed by atoms with van der Waals surface area (Å²) in [5.41, 5.74) is 4.94. The largest absolute Gasteiger partial charge is 0.495 e. The molecule has 1 fully saturated rings. The van der Waals surface area contributed by atoms with Crippen LogP contribution in [0.5, 0.6) is 5.75 Å². The predicted molar refractivity (Wildman–Crippen MR) is 123 cm³/mol. The van der Waals surface area contributed by atoms with E-state index in [-0.39, 0.29) is 11.7 Å². The van der Waals surface area contributed by atoms with Gasteiger partial charge in [0.15, 0.2) is 0 Å². The van der Waals surface area contributed by atoms with Crippen molar-refractivity contribution in [1.29, 1.82) is 0 Å². The summed E-state index contributed by atoms with van der Waals surface area (Å²) in [6, 6.07) is 9.91. The molecule has 2 heterocycles. The number of methoxy groups -OCH3 is 1. The van der Waals surface area contributed by atoms with Crippen LogP contribution in [0.4, 0.5) is 4.39 Å². The SMILES string of the molecule is COc1cc(/C=C2\CCCN([C@H]3c4ccc(F)cc4C[C@H]3O)C2=O)ccc1-n1cnc(C)c1. The molecule has 170 valence electrons. The summed E-state index contributed by atoms with van der Waals surface area (Å²) in [6.07, 6.45) is 6.66. The number of aliphatic hydroxyl groups excluding tert-OH is 1. The molecule has 0 unspecified atom stereocenters. The number of ether oxygens (including phenoxy) is 1. The van der Waals surface area contributed by atoms with Crippen LogP contribution < -0.4 is 4.74 Å². The Labute approximate surface area is 191 Å². The minimum atomic E-state index is -0.733. The third-order valence-corrected chi connectivity index (χ3v) is 6.47. The number of hydrogen-bond donors (Lipinski definition) is 1. The Balaban J connectivity index is 1.44. The van der Waals surface area contributed by atoms with Crippen LogP contribution in [0.15, 0.2) is 54.5 Å². The highest BCUT2D eigenvalue weighted by Crippen LogP contribution is 2.39. The van der Waals surface area contributed by atoms with Crippen LogP contribution in [0.2, 0.25) is 0 Å². The summed E-state index contributed by atoms with van der Waals surface area (Å²) >= 11 is 0. The molecular weight excluding hydrogens is 421 g/mol. The molecule has 1 saturated heterocycles. The highest BCUT2D eigenvalue weighted by atomic mass is 19.1. The average Bonchev–Trinajstić information content (AvgIpc) is 3.37. The molecule has 6 nitrogen and oxygen atoms in total. The van der Waals surface area contributed by atoms with E-state index >= 15 is 0 Å². The monoisotopic (exact) mass is 447 g/mol. The van der Waals surface area contributed by atoms with E-state index < -0.39 is 12.1 Å². The number of halogens is 1. The number of piperidine rings is 1. The van der Waals surface area contributed by atoms with Crippen LogP contribution in [0.25, 0.3) is 11.8 Å². The molecule has 1 aromatic heterocycles. The van der Waals surface area contributed by atoms with Gasteiger partial charge >= 0.3 is 0 Å². The first-order chi connectivity index (χ1) is 15.9. The Kier molecular flexibility index (Phi) is 5.50. The molecule has 33 heavy (non-hydrogen) atoms. The van der Waals surface area contributed by atoms with Crippen molar-refractivity contribution in [2.24, 2.45) is 0 Å². The maximum absolute atomic E-state index is 13.7. The molecule has 2 aromatic carbocycles. The Morgan fingerprint density at radius 1 is 1.24 bits per heavy atom. The number of hydrogen-bond acceptors (Lipinski definition) is 4. The summed E-state index contributed by atoms with van der Waals surface area (Å²) in [5, 5.41) is 10.7. The third-order valence-electron chi connectivity index (χ3n) is 6.47. The van der Waals surface area contributed by atoms with Crippen LogP contribution in [0, 0.1) is 12.7 Å². The lowest BCUT2D eigenvalue weighted by molar-refractivity contribution is -0.133. The summed E-state index contributed by atoms with van der Waals surface area (Å²) in [6.45, 7) is 2.50. The quantitative estimate of drug-likeness (QED) is 0.614. The van der Waals surface area contributed by atoms with Crippen LogP contribution >= 0.6 is 0 Å². The number of nitrogens with zero attached hydrogens (tertiary/aromatic N) is 3.